The van der Waals surface area contributed by atoms with E-state index in [1.54, 1.807) is 0 Å². The predicted molar refractivity (Wildman–Crippen MR) is 72.3 cm³/mol. The first kappa shape index (κ1) is 28.4. The molecule has 0 aromatic heterocycles. The Kier molecular flexibility index (Phi) is 18.3. The van der Waals surface area contributed by atoms with Gasteiger partial charge in [-0.2, -0.15) is 0 Å². The molecule has 0 aliphatic rings. The normalized spacial score (nSPS) is 8.68. The van der Waals surface area contributed by atoms with Gasteiger partial charge in [0.1, 0.15) is 0 Å². The second-order valence-electron chi connectivity index (χ2n) is 3.52. The third-order valence-electron chi connectivity index (χ3n) is 1.29. The van der Waals surface area contributed by atoms with E-state index in [1.807, 2.05) is 0 Å². The van der Waals surface area contributed by atoms with E-state index in [-0.39, 0.29) is 27.3 Å². The fourth-order valence-corrected chi connectivity index (χ4v) is 0.714. The number of carbonyl (C=O) groups is 5. The molecule has 0 bridgehead atoms. The van der Waals surface area contributed by atoms with Crippen molar-refractivity contribution in [2.45, 2.75) is 32.3 Å². The van der Waals surface area contributed by atoms with E-state index in [9.17, 15) is 14.4 Å². The molecule has 0 heterocycles. The maximum atomic E-state index is 10.3. The molecule has 128 valence electrons. The molecule has 0 aromatic carbocycles. The van der Waals surface area contributed by atoms with Crippen molar-refractivity contribution < 1.29 is 54.6 Å². The number of carboxylic acids is 5. The molecule has 2 radical (unpaired) electrons. The zero-order valence-electron chi connectivity index (χ0n) is 11.8. The minimum absolute atomic E-state index is 0. The average molecular weight is 521 g/mol. The molecule has 0 saturated carbocycles. The Morgan fingerprint density at radius 2 is 0.909 bits per heavy atom. The molecule has 0 aliphatic heterocycles. The third-order valence-corrected chi connectivity index (χ3v) is 1.29. The number of aliphatic carboxylic acids is 5. The maximum absolute atomic E-state index is 10.3. The van der Waals surface area contributed by atoms with Crippen molar-refractivity contribution >= 4 is 57.1 Å². The van der Waals surface area contributed by atoms with Crippen LogP contribution in [-0.2, 0) is 24.0 Å². The molecule has 0 aromatic rings. The van der Waals surface area contributed by atoms with E-state index < -0.39 is 48.3 Å². The summed E-state index contributed by atoms with van der Waals surface area (Å²) in [5.41, 5.74) is -2.74. The SMILES string of the molecule is CC(=O)O.CC(=O)O.O=C(O)CC(O)(CC(=O)O)C(=O)O.[PbH2]. The Hall–Kier alpha value is -1.77. The number of rotatable bonds is 5. The van der Waals surface area contributed by atoms with E-state index in [0.29, 0.717) is 0 Å². The molecule has 0 saturated heterocycles. The van der Waals surface area contributed by atoms with Crippen molar-refractivity contribution in [2.24, 2.45) is 0 Å². The summed E-state index contributed by atoms with van der Waals surface area (Å²) in [4.78, 5) is 48.5. The molecule has 22 heavy (non-hydrogen) atoms. The monoisotopic (exact) mass is 522 g/mol. The molecule has 11 nitrogen and oxygen atoms in total. The Bertz CT molecular complexity index is 368. The van der Waals surface area contributed by atoms with Crippen LogP contribution in [0, 0.1) is 0 Å². The van der Waals surface area contributed by atoms with Crippen molar-refractivity contribution in [3.63, 3.8) is 0 Å². The number of hydrogen-bond donors (Lipinski definition) is 6. The van der Waals surface area contributed by atoms with Crippen LogP contribution in [0.15, 0.2) is 0 Å². The summed E-state index contributed by atoms with van der Waals surface area (Å²) >= 11 is 0. The van der Waals surface area contributed by atoms with E-state index >= 15 is 0 Å². The first-order valence-electron chi connectivity index (χ1n) is 5.03. The van der Waals surface area contributed by atoms with Gasteiger partial charge in [0.25, 0.3) is 11.9 Å². The first-order valence-corrected chi connectivity index (χ1v) is 5.03. The van der Waals surface area contributed by atoms with Crippen LogP contribution in [0.5, 0.6) is 0 Å². The van der Waals surface area contributed by atoms with Crippen LogP contribution in [0.2, 0.25) is 0 Å². The second kappa shape index (κ2) is 14.2. The van der Waals surface area contributed by atoms with Gasteiger partial charge in [-0.1, -0.05) is 0 Å². The van der Waals surface area contributed by atoms with Crippen LogP contribution in [0.1, 0.15) is 26.7 Å². The van der Waals surface area contributed by atoms with Gasteiger partial charge in [0.2, 0.25) is 0 Å². The van der Waals surface area contributed by atoms with E-state index in [0.717, 1.165) is 13.8 Å². The van der Waals surface area contributed by atoms with Crippen LogP contribution in [0.4, 0.5) is 0 Å². The molecule has 0 atom stereocenters. The molecular weight excluding hydrogens is 503 g/mol. The van der Waals surface area contributed by atoms with Crippen LogP contribution in [0.25, 0.3) is 0 Å². The Morgan fingerprint density at radius 1 is 0.727 bits per heavy atom. The van der Waals surface area contributed by atoms with Gasteiger partial charge in [-0.15, -0.1) is 0 Å². The number of carboxylic acid groups (broad SMARTS) is 5. The molecular formula is C10H18O11Pb. The fourth-order valence-electron chi connectivity index (χ4n) is 0.714. The molecule has 0 rings (SSSR count). The first-order chi connectivity index (χ1) is 9.24. The topological polar surface area (TPSA) is 207 Å². The van der Waals surface area contributed by atoms with Gasteiger partial charge in [-0.05, 0) is 0 Å². The van der Waals surface area contributed by atoms with Crippen LogP contribution in [0.3, 0.4) is 0 Å². The molecule has 0 aliphatic carbocycles. The standard InChI is InChI=1S/C6H8O7.2C2H4O2.Pb.2H/c7-3(8)1-6(13,5(11)12)2-4(9)10;2*1-2(3)4;;;/h13H,1-2H2,(H,7,8)(H,9,10)(H,11,12);2*1H3,(H,3,4);;;. The molecule has 0 amide bonds. The number of aliphatic hydroxyl groups is 1. The molecule has 6 N–H and O–H groups in total. The van der Waals surface area contributed by atoms with E-state index in [1.165, 1.54) is 0 Å². The zero-order chi connectivity index (χ0) is 17.8. The predicted octanol–water partition coefficient (Wildman–Crippen LogP) is -1.98. The Morgan fingerprint density at radius 3 is 1.00 bits per heavy atom. The van der Waals surface area contributed by atoms with Crippen molar-refractivity contribution in [3.8, 4) is 0 Å². The summed E-state index contributed by atoms with van der Waals surface area (Å²) in [7, 11) is 0. The quantitative estimate of drug-likeness (QED) is 0.219. The van der Waals surface area contributed by atoms with Crippen molar-refractivity contribution in [3.05, 3.63) is 0 Å². The summed E-state index contributed by atoms with van der Waals surface area (Å²) < 4.78 is 0. The summed E-state index contributed by atoms with van der Waals surface area (Å²) in [6.07, 6.45) is -2.29. The second-order valence-corrected chi connectivity index (χ2v) is 3.52. The van der Waals surface area contributed by atoms with Crippen molar-refractivity contribution in [1.29, 1.82) is 0 Å². The van der Waals surface area contributed by atoms with Crippen LogP contribution >= 0.6 is 0 Å². The van der Waals surface area contributed by atoms with Crippen LogP contribution in [-0.4, -0.2) is 93.4 Å². The van der Waals surface area contributed by atoms with Crippen molar-refractivity contribution in [1.82, 2.24) is 0 Å². The number of hydrogen-bond acceptors (Lipinski definition) is 6. The molecule has 0 fully saturated rings. The molecule has 12 heteroatoms. The summed E-state index contributed by atoms with van der Waals surface area (Å²) in [6, 6.07) is 0. The van der Waals surface area contributed by atoms with Gasteiger partial charge < -0.3 is 30.6 Å². The van der Waals surface area contributed by atoms with E-state index in [4.69, 9.17) is 40.2 Å². The molecule has 0 spiro atoms. The van der Waals surface area contributed by atoms with Gasteiger partial charge in [0.15, 0.2) is 5.60 Å². The van der Waals surface area contributed by atoms with Crippen LogP contribution < -0.4 is 0 Å². The molecule has 0 unspecified atom stereocenters. The summed E-state index contributed by atoms with van der Waals surface area (Å²) in [5, 5.41) is 48.6. The van der Waals surface area contributed by atoms with Crippen molar-refractivity contribution in [2.75, 3.05) is 0 Å². The van der Waals surface area contributed by atoms with Gasteiger partial charge in [-0.25, -0.2) is 4.79 Å². The van der Waals surface area contributed by atoms with Gasteiger partial charge in [0.05, 0.1) is 12.8 Å². The zero-order valence-corrected chi connectivity index (χ0v) is 17.3. The fraction of sp³-hybridized carbons (Fsp3) is 0.500. The third kappa shape index (κ3) is 26.7. The average Bonchev–Trinajstić information content (AvgIpc) is 2.11. The Labute approximate surface area is 144 Å². The Balaban J connectivity index is -0.000000150. The van der Waals surface area contributed by atoms with Gasteiger partial charge in [-0.3, -0.25) is 19.2 Å². The van der Waals surface area contributed by atoms with Gasteiger partial charge in [0, 0.05) is 13.8 Å². The minimum atomic E-state index is -2.74. The van der Waals surface area contributed by atoms with Gasteiger partial charge >= 0.3 is 45.2 Å². The summed E-state index contributed by atoms with van der Waals surface area (Å²) in [6.45, 7) is 2.17. The summed E-state index contributed by atoms with van der Waals surface area (Å²) in [5.74, 6) is -6.69. The van der Waals surface area contributed by atoms with E-state index in [2.05, 4.69) is 0 Å².